The van der Waals surface area contributed by atoms with E-state index < -0.39 is 6.61 Å². The zero-order valence-corrected chi connectivity index (χ0v) is 15.0. The molecule has 0 aliphatic carbocycles. The van der Waals surface area contributed by atoms with Gasteiger partial charge >= 0.3 is 6.61 Å². The van der Waals surface area contributed by atoms with Crippen molar-refractivity contribution in [1.29, 1.82) is 0 Å². The van der Waals surface area contributed by atoms with E-state index in [9.17, 15) is 13.6 Å². The Morgan fingerprint density at radius 3 is 2.48 bits per heavy atom. The van der Waals surface area contributed by atoms with Gasteiger partial charge in [-0.1, -0.05) is 5.16 Å². The molecule has 0 unspecified atom stereocenters. The monoisotopic (exact) mass is 380 g/mol. The largest absolute Gasteiger partial charge is 0.435 e. The highest BCUT2D eigenvalue weighted by atomic mass is 19.3. The second-order valence-electron chi connectivity index (χ2n) is 6.43. The number of aryl methyl sites for hydroxylation is 1. The molecule has 0 saturated carbocycles. The van der Waals surface area contributed by atoms with Crippen LogP contribution in [0.1, 0.15) is 11.5 Å². The summed E-state index contributed by atoms with van der Waals surface area (Å²) in [5, 5.41) is 6.77. The van der Waals surface area contributed by atoms with Gasteiger partial charge in [0.2, 0.25) is 5.91 Å². The summed E-state index contributed by atoms with van der Waals surface area (Å²) in [6, 6.07) is 7.79. The number of piperazine rings is 1. The summed E-state index contributed by atoms with van der Waals surface area (Å²) in [6.07, 6.45) is 0. The number of nitrogens with zero attached hydrogens (tertiary/aromatic N) is 3. The number of carbonyl (C=O) groups is 1. The van der Waals surface area contributed by atoms with Crippen molar-refractivity contribution in [3.63, 3.8) is 0 Å². The number of carbonyl (C=O) groups excluding carboxylic acids is 1. The van der Waals surface area contributed by atoms with Gasteiger partial charge in [0.05, 0.1) is 12.2 Å². The molecule has 1 aromatic heterocycles. The van der Waals surface area contributed by atoms with Crippen molar-refractivity contribution in [2.45, 2.75) is 20.1 Å². The first kappa shape index (κ1) is 19.2. The Bertz CT molecular complexity index is 743. The molecule has 0 bridgehead atoms. The number of alkyl halides is 2. The molecule has 27 heavy (non-hydrogen) atoms. The van der Waals surface area contributed by atoms with Crippen LogP contribution in [0.4, 0.5) is 14.5 Å². The Kier molecular flexibility index (Phi) is 6.36. The zero-order valence-electron chi connectivity index (χ0n) is 15.0. The lowest BCUT2D eigenvalue weighted by atomic mass is 10.2. The van der Waals surface area contributed by atoms with Gasteiger partial charge in [0.15, 0.2) is 0 Å². The Balaban J connectivity index is 1.40. The van der Waals surface area contributed by atoms with Crippen LogP contribution in [0.25, 0.3) is 0 Å². The van der Waals surface area contributed by atoms with Crippen molar-refractivity contribution < 1.29 is 22.8 Å². The van der Waals surface area contributed by atoms with Gasteiger partial charge in [0.1, 0.15) is 11.5 Å². The van der Waals surface area contributed by atoms with E-state index in [2.05, 4.69) is 25.0 Å². The van der Waals surface area contributed by atoms with Crippen LogP contribution in [0.3, 0.4) is 0 Å². The van der Waals surface area contributed by atoms with Crippen LogP contribution in [0.15, 0.2) is 34.9 Å². The second-order valence-corrected chi connectivity index (χ2v) is 6.43. The molecule has 1 aromatic carbocycles. The van der Waals surface area contributed by atoms with Gasteiger partial charge < -0.3 is 14.6 Å². The highest BCUT2D eigenvalue weighted by Crippen LogP contribution is 2.17. The molecule has 3 rings (SSSR count). The number of hydrogen-bond acceptors (Lipinski definition) is 6. The van der Waals surface area contributed by atoms with Crippen molar-refractivity contribution in [2.24, 2.45) is 0 Å². The number of amides is 1. The molecule has 1 aliphatic rings. The number of nitrogens with one attached hydrogen (secondary N) is 1. The molecule has 1 fully saturated rings. The topological polar surface area (TPSA) is 70.8 Å². The van der Waals surface area contributed by atoms with Crippen molar-refractivity contribution in [3.05, 3.63) is 41.8 Å². The average molecular weight is 380 g/mol. The average Bonchev–Trinajstić information content (AvgIpc) is 3.03. The smallest absolute Gasteiger partial charge is 0.387 e. The van der Waals surface area contributed by atoms with Gasteiger partial charge in [0.25, 0.3) is 0 Å². The van der Waals surface area contributed by atoms with E-state index in [1.54, 1.807) is 0 Å². The number of hydrogen-bond donors (Lipinski definition) is 1. The number of aromatic nitrogens is 1. The number of halogens is 2. The van der Waals surface area contributed by atoms with Crippen LogP contribution in [-0.2, 0) is 11.3 Å². The molecule has 0 spiro atoms. The van der Waals surface area contributed by atoms with Crippen LogP contribution in [0.2, 0.25) is 0 Å². The molecule has 2 heterocycles. The molecule has 1 saturated heterocycles. The third-order valence-corrected chi connectivity index (χ3v) is 4.26. The Morgan fingerprint density at radius 1 is 1.22 bits per heavy atom. The van der Waals surface area contributed by atoms with E-state index >= 15 is 0 Å². The molecule has 146 valence electrons. The molecule has 7 nitrogen and oxygen atoms in total. The van der Waals surface area contributed by atoms with E-state index in [0.29, 0.717) is 5.69 Å². The first-order valence-electron chi connectivity index (χ1n) is 8.69. The maximum atomic E-state index is 12.2. The van der Waals surface area contributed by atoms with E-state index in [4.69, 9.17) is 4.52 Å². The van der Waals surface area contributed by atoms with Crippen molar-refractivity contribution in [1.82, 2.24) is 15.0 Å². The maximum Gasteiger partial charge on any atom is 0.387 e. The summed E-state index contributed by atoms with van der Waals surface area (Å²) in [7, 11) is 0. The van der Waals surface area contributed by atoms with Crippen molar-refractivity contribution in [2.75, 3.05) is 38.0 Å². The molecule has 1 N–H and O–H groups in total. The van der Waals surface area contributed by atoms with Gasteiger partial charge in [-0.05, 0) is 31.2 Å². The summed E-state index contributed by atoms with van der Waals surface area (Å²) in [6.45, 7) is 3.29. The Labute approximate surface area is 155 Å². The highest BCUT2D eigenvalue weighted by Gasteiger charge is 2.20. The minimum atomic E-state index is -2.86. The van der Waals surface area contributed by atoms with Crippen LogP contribution in [0.5, 0.6) is 5.75 Å². The van der Waals surface area contributed by atoms with Crippen molar-refractivity contribution in [3.8, 4) is 5.75 Å². The van der Waals surface area contributed by atoms with Gasteiger partial charge in [-0.15, -0.1) is 0 Å². The lowest BCUT2D eigenvalue weighted by molar-refractivity contribution is -0.117. The second kappa shape index (κ2) is 8.92. The van der Waals surface area contributed by atoms with Crippen LogP contribution < -0.4 is 10.1 Å². The molecule has 0 atom stereocenters. The molecule has 1 amide bonds. The number of anilines is 1. The standard InChI is InChI=1S/C18H22F2N4O3/c1-13-10-15(22-27-13)11-23-6-8-24(9-7-23)12-17(25)21-14-2-4-16(5-3-14)26-18(19)20/h2-5,10,18H,6-9,11-12H2,1H3,(H,21,25). The highest BCUT2D eigenvalue weighted by molar-refractivity contribution is 5.92. The summed E-state index contributed by atoms with van der Waals surface area (Å²) >= 11 is 0. The third-order valence-electron chi connectivity index (χ3n) is 4.26. The van der Waals surface area contributed by atoms with Gasteiger partial charge in [-0.25, -0.2) is 0 Å². The lowest BCUT2D eigenvalue weighted by Gasteiger charge is -2.33. The van der Waals surface area contributed by atoms with Gasteiger partial charge in [-0.2, -0.15) is 8.78 Å². The summed E-state index contributed by atoms with van der Waals surface area (Å²) in [5.74, 6) is 0.716. The molecular formula is C18H22F2N4O3. The van der Waals surface area contributed by atoms with E-state index in [1.165, 1.54) is 24.3 Å². The summed E-state index contributed by atoms with van der Waals surface area (Å²) in [4.78, 5) is 16.5. The molecular weight excluding hydrogens is 358 g/mol. The normalized spacial score (nSPS) is 15.9. The minimum Gasteiger partial charge on any atom is -0.435 e. The first-order chi connectivity index (χ1) is 13.0. The fraction of sp³-hybridized carbons (Fsp3) is 0.444. The summed E-state index contributed by atoms with van der Waals surface area (Å²) in [5.41, 5.74) is 1.46. The Morgan fingerprint density at radius 2 is 1.89 bits per heavy atom. The van der Waals surface area contributed by atoms with E-state index in [-0.39, 0.29) is 18.2 Å². The predicted octanol–water partition coefficient (Wildman–Crippen LogP) is 2.34. The predicted molar refractivity (Wildman–Crippen MR) is 94.7 cm³/mol. The third kappa shape index (κ3) is 6.00. The Hall–Kier alpha value is -2.52. The number of ether oxygens (including phenoxy) is 1. The van der Waals surface area contributed by atoms with Crippen molar-refractivity contribution >= 4 is 11.6 Å². The molecule has 0 radical (unpaired) electrons. The molecule has 2 aromatic rings. The van der Waals surface area contributed by atoms with Crippen LogP contribution >= 0.6 is 0 Å². The fourth-order valence-electron chi connectivity index (χ4n) is 2.95. The number of benzene rings is 1. The first-order valence-corrected chi connectivity index (χ1v) is 8.69. The number of rotatable bonds is 7. The van der Waals surface area contributed by atoms with E-state index in [1.807, 2.05) is 13.0 Å². The summed E-state index contributed by atoms with van der Waals surface area (Å²) < 4.78 is 33.6. The lowest BCUT2D eigenvalue weighted by Crippen LogP contribution is -2.48. The molecule has 9 heteroatoms. The van der Waals surface area contributed by atoms with E-state index in [0.717, 1.165) is 44.2 Å². The SMILES string of the molecule is Cc1cc(CN2CCN(CC(=O)Nc3ccc(OC(F)F)cc3)CC2)no1. The van der Waals surface area contributed by atoms with Gasteiger partial charge in [0, 0.05) is 44.5 Å². The maximum absolute atomic E-state index is 12.2. The van der Waals surface area contributed by atoms with Gasteiger partial charge in [-0.3, -0.25) is 14.6 Å². The quantitative estimate of drug-likeness (QED) is 0.795. The zero-order chi connectivity index (χ0) is 19.2. The minimum absolute atomic E-state index is 0.0569. The molecule has 1 aliphatic heterocycles. The van der Waals surface area contributed by atoms with Crippen LogP contribution in [-0.4, -0.2) is 60.2 Å². The fourth-order valence-corrected chi connectivity index (χ4v) is 2.95. The van der Waals surface area contributed by atoms with Crippen LogP contribution in [0, 0.1) is 6.92 Å².